The van der Waals surface area contributed by atoms with Crippen molar-refractivity contribution in [3.63, 3.8) is 0 Å². The molecule has 2 aliphatic heterocycles. The highest BCUT2D eigenvalue weighted by atomic mass is 19.1. The lowest BCUT2D eigenvalue weighted by Gasteiger charge is -2.41. The van der Waals surface area contributed by atoms with E-state index < -0.39 is 0 Å². The van der Waals surface area contributed by atoms with Gasteiger partial charge in [0.2, 0.25) is 0 Å². The molecule has 5 nitrogen and oxygen atoms in total. The first kappa shape index (κ1) is 28.6. The smallest absolute Gasteiger partial charge is 0.251 e. The van der Waals surface area contributed by atoms with Gasteiger partial charge in [-0.15, -0.1) is 0 Å². The highest BCUT2D eigenvalue weighted by Gasteiger charge is 2.40. The molecule has 3 aromatic rings. The lowest BCUT2D eigenvalue weighted by molar-refractivity contribution is -0.128. The number of nitrogens with one attached hydrogen (secondary N) is 2. The summed E-state index contributed by atoms with van der Waals surface area (Å²) < 4.78 is 19.6. The number of fused-ring (bicyclic) bond motifs is 2. The number of carbonyl (C=O) groups excluding carboxylic acids is 1. The van der Waals surface area contributed by atoms with E-state index in [0.29, 0.717) is 25.2 Å². The molecule has 0 spiro atoms. The molecule has 42 heavy (non-hydrogen) atoms. The molecular weight excluding hydrogens is 525 g/mol. The Hall–Kier alpha value is -3.48. The Morgan fingerprint density at radius 3 is 2.40 bits per heavy atom. The van der Waals surface area contributed by atoms with Gasteiger partial charge in [0.25, 0.3) is 5.91 Å². The first-order valence-electron chi connectivity index (χ1n) is 15.4. The van der Waals surface area contributed by atoms with Crippen molar-refractivity contribution in [2.45, 2.75) is 71.0 Å². The number of benzene rings is 3. The number of ether oxygens (including phenoxy) is 1. The summed E-state index contributed by atoms with van der Waals surface area (Å²) in [5.74, 6) is 0.883. The van der Waals surface area contributed by atoms with Crippen LogP contribution in [0.4, 0.5) is 4.39 Å². The summed E-state index contributed by atoms with van der Waals surface area (Å²) in [4.78, 5) is 16.4. The molecule has 2 fully saturated rings. The Balaban J connectivity index is 1.20. The lowest BCUT2D eigenvalue weighted by Crippen LogP contribution is -2.60. The zero-order valence-corrected chi connectivity index (χ0v) is 25.0. The molecule has 3 aromatic carbocycles. The lowest BCUT2D eigenvalue weighted by atomic mass is 9.83. The fourth-order valence-electron chi connectivity index (χ4n) is 6.43. The second-order valence-corrected chi connectivity index (χ2v) is 12.3. The SMILES string of the molecule is Cc1cc(C)c(C)c(OCCc2ccc(C3=C(C(=O)N(CCc4ccc(F)cc4)C4CC4)[C@H]4CNC[C@@H](C3)N4)cc2)c1. The first-order chi connectivity index (χ1) is 20.4. The molecule has 1 aliphatic carbocycles. The van der Waals surface area contributed by atoms with Crippen LogP contribution < -0.4 is 15.4 Å². The summed E-state index contributed by atoms with van der Waals surface area (Å²) in [5.41, 5.74) is 9.17. The number of aryl methyl sites for hydroxylation is 2. The van der Waals surface area contributed by atoms with Crippen LogP contribution in [0, 0.1) is 26.6 Å². The number of carbonyl (C=O) groups is 1. The summed E-state index contributed by atoms with van der Waals surface area (Å²) in [5, 5.41) is 7.25. The third-order valence-electron chi connectivity index (χ3n) is 9.05. The predicted octanol–water partition coefficient (Wildman–Crippen LogP) is 5.69. The zero-order chi connectivity index (χ0) is 29.2. The number of hydrogen-bond acceptors (Lipinski definition) is 4. The maximum absolute atomic E-state index is 14.3. The van der Waals surface area contributed by atoms with Crippen molar-refractivity contribution in [1.29, 1.82) is 0 Å². The van der Waals surface area contributed by atoms with Crippen molar-refractivity contribution in [2.24, 2.45) is 0 Å². The Labute approximate surface area is 249 Å². The van der Waals surface area contributed by atoms with Crippen LogP contribution in [-0.2, 0) is 17.6 Å². The molecule has 0 radical (unpaired) electrons. The Morgan fingerprint density at radius 1 is 0.952 bits per heavy atom. The van der Waals surface area contributed by atoms with Gasteiger partial charge in [0.05, 0.1) is 12.6 Å². The Kier molecular flexibility index (Phi) is 8.45. The summed E-state index contributed by atoms with van der Waals surface area (Å²) in [6.45, 7) is 9.28. The van der Waals surface area contributed by atoms with Crippen LogP contribution in [0.25, 0.3) is 5.57 Å². The molecule has 1 amide bonds. The van der Waals surface area contributed by atoms with E-state index in [1.165, 1.54) is 40.0 Å². The van der Waals surface area contributed by atoms with Crippen molar-refractivity contribution < 1.29 is 13.9 Å². The molecule has 0 aromatic heterocycles. The van der Waals surface area contributed by atoms with E-state index in [4.69, 9.17) is 4.74 Å². The van der Waals surface area contributed by atoms with E-state index in [1.807, 2.05) is 12.1 Å². The largest absolute Gasteiger partial charge is 0.493 e. The van der Waals surface area contributed by atoms with Crippen LogP contribution in [-0.4, -0.2) is 55.2 Å². The van der Waals surface area contributed by atoms with E-state index in [2.05, 4.69) is 72.7 Å². The quantitative estimate of drug-likeness (QED) is 0.330. The van der Waals surface area contributed by atoms with Crippen LogP contribution in [0.3, 0.4) is 0 Å². The zero-order valence-electron chi connectivity index (χ0n) is 25.0. The van der Waals surface area contributed by atoms with Crippen molar-refractivity contribution in [1.82, 2.24) is 15.5 Å². The van der Waals surface area contributed by atoms with Gasteiger partial charge in [-0.05, 0) is 104 Å². The Morgan fingerprint density at radius 2 is 1.67 bits per heavy atom. The van der Waals surface area contributed by atoms with Gasteiger partial charge in [-0.2, -0.15) is 0 Å². The molecule has 2 atom stereocenters. The number of piperazine rings is 1. The topological polar surface area (TPSA) is 53.6 Å². The minimum absolute atomic E-state index is 0.00109. The molecule has 6 heteroatoms. The molecule has 2 N–H and O–H groups in total. The normalized spacial score (nSPS) is 20.0. The maximum atomic E-state index is 14.3. The van der Waals surface area contributed by atoms with E-state index in [0.717, 1.165) is 67.6 Å². The van der Waals surface area contributed by atoms with Gasteiger partial charge in [0.15, 0.2) is 0 Å². The molecular formula is C36H42FN3O2. The third-order valence-corrected chi connectivity index (χ3v) is 9.05. The molecule has 220 valence electrons. The highest BCUT2D eigenvalue weighted by Crippen LogP contribution is 2.36. The van der Waals surface area contributed by atoms with Gasteiger partial charge in [-0.25, -0.2) is 4.39 Å². The number of rotatable bonds is 10. The van der Waals surface area contributed by atoms with Crippen LogP contribution >= 0.6 is 0 Å². The van der Waals surface area contributed by atoms with Gasteiger partial charge in [0, 0.05) is 43.7 Å². The van der Waals surface area contributed by atoms with Crippen LogP contribution in [0.1, 0.15) is 52.6 Å². The number of nitrogens with zero attached hydrogens (tertiary/aromatic N) is 1. The molecule has 3 aliphatic rings. The van der Waals surface area contributed by atoms with Crippen molar-refractivity contribution in [2.75, 3.05) is 26.2 Å². The van der Waals surface area contributed by atoms with E-state index >= 15 is 0 Å². The molecule has 6 rings (SSSR count). The van der Waals surface area contributed by atoms with E-state index in [1.54, 1.807) is 0 Å². The van der Waals surface area contributed by atoms with Crippen LogP contribution in [0.2, 0.25) is 0 Å². The summed E-state index contributed by atoms with van der Waals surface area (Å²) >= 11 is 0. The Bertz CT molecular complexity index is 1460. The molecule has 1 saturated heterocycles. The minimum Gasteiger partial charge on any atom is -0.493 e. The number of hydrogen-bond donors (Lipinski definition) is 2. The van der Waals surface area contributed by atoms with Crippen molar-refractivity contribution in [3.8, 4) is 5.75 Å². The van der Waals surface area contributed by atoms with Crippen molar-refractivity contribution in [3.05, 3.63) is 105 Å². The highest BCUT2D eigenvalue weighted by molar-refractivity contribution is 6.03. The third kappa shape index (κ3) is 6.45. The van der Waals surface area contributed by atoms with E-state index in [-0.39, 0.29) is 17.8 Å². The van der Waals surface area contributed by atoms with E-state index in [9.17, 15) is 9.18 Å². The van der Waals surface area contributed by atoms with Crippen LogP contribution in [0.5, 0.6) is 5.75 Å². The second-order valence-electron chi connectivity index (χ2n) is 12.3. The van der Waals surface area contributed by atoms with Crippen molar-refractivity contribution >= 4 is 11.5 Å². The van der Waals surface area contributed by atoms with Gasteiger partial charge < -0.3 is 20.3 Å². The summed E-state index contributed by atoms with van der Waals surface area (Å²) in [6.07, 6.45) is 4.48. The maximum Gasteiger partial charge on any atom is 0.251 e. The fraction of sp³-hybridized carbons (Fsp3) is 0.417. The second kappa shape index (κ2) is 12.4. The summed E-state index contributed by atoms with van der Waals surface area (Å²) in [7, 11) is 0. The van der Waals surface area contributed by atoms with Gasteiger partial charge in [-0.1, -0.05) is 42.5 Å². The minimum atomic E-state index is -0.230. The van der Waals surface area contributed by atoms with Gasteiger partial charge >= 0.3 is 0 Å². The summed E-state index contributed by atoms with van der Waals surface area (Å²) in [6, 6.07) is 20.3. The monoisotopic (exact) mass is 567 g/mol. The number of amides is 1. The average molecular weight is 568 g/mol. The molecule has 0 unspecified atom stereocenters. The average Bonchev–Trinajstić information content (AvgIpc) is 3.82. The van der Waals surface area contributed by atoms with Gasteiger partial charge in [-0.3, -0.25) is 4.79 Å². The standard InChI is InChI=1S/C36H42FN3O2/c1-23-18-24(2)25(3)34(19-23)42-17-15-27-4-8-28(9-5-27)32-20-30-21-38-22-33(39-30)35(32)36(41)40(31-12-13-31)16-14-26-6-10-29(37)11-7-26/h4-11,18-19,30-31,33,38-39H,12-17,20-22H2,1-3H3/t30-,33-/m1/s1. The molecule has 2 heterocycles. The predicted molar refractivity (Wildman–Crippen MR) is 166 cm³/mol. The van der Waals surface area contributed by atoms with Gasteiger partial charge in [0.1, 0.15) is 11.6 Å². The van der Waals surface area contributed by atoms with Crippen LogP contribution in [0.15, 0.2) is 66.2 Å². The fourth-order valence-corrected chi connectivity index (χ4v) is 6.43. The first-order valence-corrected chi connectivity index (χ1v) is 15.4. The number of halogens is 1. The molecule has 2 bridgehead atoms. The molecule has 1 saturated carbocycles.